The van der Waals surface area contributed by atoms with E-state index in [4.69, 9.17) is 0 Å². The Bertz CT molecular complexity index is 468. The van der Waals surface area contributed by atoms with Crippen molar-refractivity contribution in [2.24, 2.45) is 0 Å². The summed E-state index contributed by atoms with van der Waals surface area (Å²) in [4.78, 5) is 0. The summed E-state index contributed by atoms with van der Waals surface area (Å²) in [6.07, 6.45) is 1.69. The zero-order valence-corrected chi connectivity index (χ0v) is 10.2. The molecule has 88 valence electrons. The maximum atomic E-state index is 4.05. The van der Waals surface area contributed by atoms with Gasteiger partial charge in [0.2, 0.25) is 0 Å². The van der Waals surface area contributed by atoms with Gasteiger partial charge < -0.3 is 5.32 Å². The van der Waals surface area contributed by atoms with Crippen LogP contribution in [0.1, 0.15) is 29.8 Å². The first-order valence-electron chi connectivity index (χ1n) is 5.83. The highest BCUT2D eigenvalue weighted by Crippen LogP contribution is 2.16. The molecule has 1 atom stereocenters. The lowest BCUT2D eigenvalue weighted by molar-refractivity contribution is 0.562. The van der Waals surface area contributed by atoms with Crippen LogP contribution >= 0.6 is 0 Å². The standard InChI is InChI=1S/C14H17N3/c1-11-6-3-4-8-14(11)12(2)15-10-13-7-5-9-16-17-13/h3-9,12,15H,10H2,1-2H3. The number of benzene rings is 1. The molecule has 0 bridgehead atoms. The third kappa shape index (κ3) is 3.11. The van der Waals surface area contributed by atoms with Gasteiger partial charge in [-0.3, -0.25) is 0 Å². The van der Waals surface area contributed by atoms with E-state index < -0.39 is 0 Å². The first-order valence-corrected chi connectivity index (χ1v) is 5.83. The molecule has 1 N–H and O–H groups in total. The Kier molecular flexibility index (Phi) is 3.83. The van der Waals surface area contributed by atoms with Crippen molar-refractivity contribution in [3.63, 3.8) is 0 Å². The molecular weight excluding hydrogens is 210 g/mol. The molecule has 0 aliphatic rings. The van der Waals surface area contributed by atoms with Crippen molar-refractivity contribution in [1.29, 1.82) is 0 Å². The fourth-order valence-electron chi connectivity index (χ4n) is 1.87. The average Bonchev–Trinajstić information content (AvgIpc) is 2.38. The van der Waals surface area contributed by atoms with Crippen LogP contribution in [0.5, 0.6) is 0 Å². The molecule has 0 amide bonds. The SMILES string of the molecule is Cc1ccccc1C(C)NCc1cccnn1. The van der Waals surface area contributed by atoms with Crippen molar-refractivity contribution in [3.05, 3.63) is 59.4 Å². The summed E-state index contributed by atoms with van der Waals surface area (Å²) in [5, 5.41) is 11.4. The van der Waals surface area contributed by atoms with Crippen LogP contribution < -0.4 is 5.32 Å². The maximum Gasteiger partial charge on any atom is 0.0769 e. The minimum absolute atomic E-state index is 0.318. The molecule has 1 heterocycles. The normalized spacial score (nSPS) is 12.4. The molecule has 0 aliphatic heterocycles. The van der Waals surface area contributed by atoms with E-state index in [0.717, 1.165) is 12.2 Å². The molecular formula is C14H17N3. The number of aromatic nitrogens is 2. The van der Waals surface area contributed by atoms with Crippen LogP contribution in [0, 0.1) is 6.92 Å². The predicted octanol–water partition coefficient (Wildman–Crippen LogP) is 2.64. The van der Waals surface area contributed by atoms with Crippen LogP contribution in [0.25, 0.3) is 0 Å². The van der Waals surface area contributed by atoms with Gasteiger partial charge in [0.05, 0.1) is 5.69 Å². The Balaban J connectivity index is 1.99. The molecule has 0 saturated heterocycles. The van der Waals surface area contributed by atoms with Crippen LogP contribution in [0.15, 0.2) is 42.6 Å². The van der Waals surface area contributed by atoms with Crippen LogP contribution in [0.2, 0.25) is 0 Å². The molecule has 0 fully saturated rings. The monoisotopic (exact) mass is 227 g/mol. The van der Waals surface area contributed by atoms with Crippen molar-refractivity contribution >= 4 is 0 Å². The first-order chi connectivity index (χ1) is 8.27. The van der Waals surface area contributed by atoms with Crippen LogP contribution in [-0.2, 0) is 6.54 Å². The second-order valence-corrected chi connectivity index (χ2v) is 4.17. The van der Waals surface area contributed by atoms with Gasteiger partial charge in [-0.15, -0.1) is 0 Å². The molecule has 0 radical (unpaired) electrons. The number of nitrogens with one attached hydrogen (secondary N) is 1. The van der Waals surface area contributed by atoms with Crippen molar-refractivity contribution in [2.45, 2.75) is 26.4 Å². The lowest BCUT2D eigenvalue weighted by Crippen LogP contribution is -2.19. The van der Waals surface area contributed by atoms with Gasteiger partial charge in [0.15, 0.2) is 0 Å². The van der Waals surface area contributed by atoms with E-state index in [1.165, 1.54) is 11.1 Å². The number of hydrogen-bond acceptors (Lipinski definition) is 3. The van der Waals surface area contributed by atoms with Gasteiger partial charge in [-0.2, -0.15) is 10.2 Å². The second kappa shape index (κ2) is 5.55. The van der Waals surface area contributed by atoms with E-state index >= 15 is 0 Å². The number of nitrogens with zero attached hydrogens (tertiary/aromatic N) is 2. The molecule has 1 unspecified atom stereocenters. The number of rotatable bonds is 4. The lowest BCUT2D eigenvalue weighted by atomic mass is 10.0. The molecule has 17 heavy (non-hydrogen) atoms. The third-order valence-electron chi connectivity index (χ3n) is 2.87. The van der Waals surface area contributed by atoms with Crippen LogP contribution in [-0.4, -0.2) is 10.2 Å². The van der Waals surface area contributed by atoms with Gasteiger partial charge in [-0.05, 0) is 37.1 Å². The Labute approximate surface area is 102 Å². The van der Waals surface area contributed by atoms with E-state index in [0.29, 0.717) is 6.04 Å². The molecule has 3 nitrogen and oxygen atoms in total. The second-order valence-electron chi connectivity index (χ2n) is 4.17. The molecule has 2 aromatic rings. The van der Waals surface area contributed by atoms with E-state index in [1.807, 2.05) is 12.1 Å². The van der Waals surface area contributed by atoms with Crippen molar-refractivity contribution in [1.82, 2.24) is 15.5 Å². The smallest absolute Gasteiger partial charge is 0.0769 e. The largest absolute Gasteiger partial charge is 0.304 e. The minimum Gasteiger partial charge on any atom is -0.304 e. The zero-order chi connectivity index (χ0) is 12.1. The van der Waals surface area contributed by atoms with Crippen LogP contribution in [0.4, 0.5) is 0 Å². The first kappa shape index (κ1) is 11.7. The Hall–Kier alpha value is -1.74. The van der Waals surface area contributed by atoms with Gasteiger partial charge in [0.25, 0.3) is 0 Å². The van der Waals surface area contributed by atoms with Gasteiger partial charge in [0.1, 0.15) is 0 Å². The number of aryl methyl sites for hydroxylation is 1. The van der Waals surface area contributed by atoms with Crippen LogP contribution in [0.3, 0.4) is 0 Å². The summed E-state index contributed by atoms with van der Waals surface area (Å²) in [5.74, 6) is 0. The Morgan fingerprint density at radius 1 is 1.18 bits per heavy atom. The van der Waals surface area contributed by atoms with E-state index in [-0.39, 0.29) is 0 Å². The summed E-state index contributed by atoms with van der Waals surface area (Å²) in [6.45, 7) is 5.04. The summed E-state index contributed by atoms with van der Waals surface area (Å²) in [7, 11) is 0. The van der Waals surface area contributed by atoms with E-state index in [1.54, 1.807) is 6.20 Å². The summed E-state index contributed by atoms with van der Waals surface area (Å²) < 4.78 is 0. The van der Waals surface area contributed by atoms with Gasteiger partial charge >= 0.3 is 0 Å². The summed E-state index contributed by atoms with van der Waals surface area (Å²) in [5.41, 5.74) is 3.61. The highest BCUT2D eigenvalue weighted by atomic mass is 15.1. The minimum atomic E-state index is 0.318. The fourth-order valence-corrected chi connectivity index (χ4v) is 1.87. The average molecular weight is 227 g/mol. The van der Waals surface area contributed by atoms with Gasteiger partial charge in [0, 0.05) is 18.8 Å². The zero-order valence-electron chi connectivity index (χ0n) is 10.2. The molecule has 2 rings (SSSR count). The predicted molar refractivity (Wildman–Crippen MR) is 68.5 cm³/mol. The molecule has 0 aliphatic carbocycles. The molecule has 1 aromatic carbocycles. The Morgan fingerprint density at radius 2 is 2.00 bits per heavy atom. The topological polar surface area (TPSA) is 37.8 Å². The van der Waals surface area contributed by atoms with Crippen molar-refractivity contribution in [3.8, 4) is 0 Å². The Morgan fingerprint density at radius 3 is 2.71 bits per heavy atom. The molecule has 1 aromatic heterocycles. The van der Waals surface area contributed by atoms with Gasteiger partial charge in [-0.25, -0.2) is 0 Å². The van der Waals surface area contributed by atoms with E-state index in [2.05, 4.69) is 53.6 Å². The summed E-state index contributed by atoms with van der Waals surface area (Å²) in [6, 6.07) is 12.6. The molecule has 0 spiro atoms. The quantitative estimate of drug-likeness (QED) is 0.872. The lowest BCUT2D eigenvalue weighted by Gasteiger charge is -2.15. The fraction of sp³-hybridized carbons (Fsp3) is 0.286. The van der Waals surface area contributed by atoms with Crippen molar-refractivity contribution < 1.29 is 0 Å². The van der Waals surface area contributed by atoms with Gasteiger partial charge in [-0.1, -0.05) is 24.3 Å². The highest BCUT2D eigenvalue weighted by Gasteiger charge is 2.07. The van der Waals surface area contributed by atoms with Crippen molar-refractivity contribution in [2.75, 3.05) is 0 Å². The highest BCUT2D eigenvalue weighted by molar-refractivity contribution is 5.28. The molecule has 0 saturated carbocycles. The maximum absolute atomic E-state index is 4.05. The molecule has 3 heteroatoms. The summed E-state index contributed by atoms with van der Waals surface area (Å²) >= 11 is 0. The van der Waals surface area contributed by atoms with E-state index in [9.17, 15) is 0 Å². The third-order valence-corrected chi connectivity index (χ3v) is 2.87. The number of hydrogen-bond donors (Lipinski definition) is 1.